The van der Waals surface area contributed by atoms with Gasteiger partial charge in [0.05, 0.1) is 0 Å². The molecular weight excluding hydrogens is 277 g/mol. The van der Waals surface area contributed by atoms with Crippen molar-refractivity contribution in [1.29, 1.82) is 0 Å². The minimum absolute atomic E-state index is 0.450. The van der Waals surface area contributed by atoms with Crippen LogP contribution in [-0.4, -0.2) is 19.8 Å². The van der Waals surface area contributed by atoms with Crippen molar-refractivity contribution >= 4 is 29.3 Å². The fraction of sp³-hybridized carbons (Fsp3) is 0.417. The van der Waals surface area contributed by atoms with Gasteiger partial charge < -0.3 is 15.2 Å². The van der Waals surface area contributed by atoms with Crippen LogP contribution in [0.5, 0.6) is 0 Å². The summed E-state index contributed by atoms with van der Waals surface area (Å²) in [4.78, 5) is 10.9. The number of amides is 1. The third-order valence-corrected chi connectivity index (χ3v) is 2.94. The van der Waals surface area contributed by atoms with Crippen LogP contribution in [0, 0.1) is 0 Å². The Balaban J connectivity index is 2.83. The Morgan fingerprint density at radius 1 is 1.44 bits per heavy atom. The number of ether oxygens (including phenoxy) is 2. The summed E-state index contributed by atoms with van der Waals surface area (Å²) in [7, 11) is 1.61. The lowest BCUT2D eigenvalue weighted by atomic mass is 10.0. The van der Waals surface area contributed by atoms with Gasteiger partial charge in [-0.25, -0.2) is 4.79 Å². The molecule has 0 saturated heterocycles. The number of carbonyl (C=O) groups excluding carboxylic acids is 1. The van der Waals surface area contributed by atoms with Crippen molar-refractivity contribution in [1.82, 2.24) is 0 Å². The summed E-state index contributed by atoms with van der Waals surface area (Å²) in [5.41, 5.74) is 5.74. The molecule has 0 bridgehead atoms. The lowest BCUT2D eigenvalue weighted by Gasteiger charge is -2.18. The molecule has 1 atom stereocenters. The first-order valence-corrected chi connectivity index (χ1v) is 6.20. The molecular formula is C12H15Cl2NO3. The zero-order valence-electron chi connectivity index (χ0n) is 9.99. The first-order chi connectivity index (χ1) is 8.54. The minimum Gasteiger partial charge on any atom is -0.441 e. The summed E-state index contributed by atoms with van der Waals surface area (Å²) in [6.45, 7) is 0.573. The third-order valence-electron chi connectivity index (χ3n) is 2.38. The van der Waals surface area contributed by atoms with Gasteiger partial charge in [-0.2, -0.15) is 0 Å². The highest BCUT2D eigenvalue weighted by Gasteiger charge is 2.18. The fourth-order valence-corrected chi connectivity index (χ4v) is 2.12. The van der Waals surface area contributed by atoms with Crippen LogP contribution in [0.3, 0.4) is 0 Å². The smallest absolute Gasteiger partial charge is 0.405 e. The predicted molar refractivity (Wildman–Crippen MR) is 71.0 cm³/mol. The number of primary amides is 1. The number of carbonyl (C=O) groups is 1. The molecule has 18 heavy (non-hydrogen) atoms. The Bertz CT molecular complexity index is 412. The molecule has 4 nitrogen and oxygen atoms in total. The van der Waals surface area contributed by atoms with Crippen LogP contribution in [0.4, 0.5) is 4.79 Å². The monoisotopic (exact) mass is 291 g/mol. The third kappa shape index (κ3) is 4.72. The Labute approximate surface area is 116 Å². The van der Waals surface area contributed by atoms with E-state index in [-0.39, 0.29) is 0 Å². The van der Waals surface area contributed by atoms with Crippen LogP contribution in [0.25, 0.3) is 0 Å². The summed E-state index contributed by atoms with van der Waals surface area (Å²) in [6, 6.07) is 5.02. The first kappa shape index (κ1) is 15.1. The molecule has 0 spiro atoms. The fourth-order valence-electron chi connectivity index (χ4n) is 1.59. The van der Waals surface area contributed by atoms with Crippen LogP contribution in [0.2, 0.25) is 10.0 Å². The van der Waals surface area contributed by atoms with Gasteiger partial charge in [-0.15, -0.1) is 0 Å². The highest BCUT2D eigenvalue weighted by molar-refractivity contribution is 6.35. The van der Waals surface area contributed by atoms with Crippen molar-refractivity contribution in [2.75, 3.05) is 13.7 Å². The molecule has 1 aromatic rings. The number of halogens is 2. The van der Waals surface area contributed by atoms with E-state index in [1.54, 1.807) is 25.3 Å². The molecule has 1 aromatic carbocycles. The van der Waals surface area contributed by atoms with Crippen molar-refractivity contribution in [3.8, 4) is 0 Å². The van der Waals surface area contributed by atoms with Gasteiger partial charge in [0.2, 0.25) is 0 Å². The molecule has 0 saturated carbocycles. The molecule has 0 aliphatic carbocycles. The molecule has 1 amide bonds. The van der Waals surface area contributed by atoms with E-state index < -0.39 is 12.2 Å². The van der Waals surface area contributed by atoms with Crippen molar-refractivity contribution in [2.24, 2.45) is 5.73 Å². The maximum atomic E-state index is 10.9. The van der Waals surface area contributed by atoms with Crippen LogP contribution < -0.4 is 5.73 Å². The molecule has 0 heterocycles. The van der Waals surface area contributed by atoms with Crippen LogP contribution in [0.15, 0.2) is 18.2 Å². The number of methoxy groups -OCH3 is 1. The Morgan fingerprint density at radius 2 is 2.17 bits per heavy atom. The first-order valence-electron chi connectivity index (χ1n) is 5.44. The summed E-state index contributed by atoms with van der Waals surface area (Å²) < 4.78 is 10.0. The maximum Gasteiger partial charge on any atom is 0.405 e. The number of hydrogen-bond donors (Lipinski definition) is 1. The Kier molecular flexibility index (Phi) is 6.25. The SMILES string of the molecule is COCCC[C@H](OC(N)=O)c1ccc(Cl)cc1Cl. The quantitative estimate of drug-likeness (QED) is 0.815. The van der Waals surface area contributed by atoms with Gasteiger partial charge in [0.15, 0.2) is 0 Å². The lowest BCUT2D eigenvalue weighted by molar-refractivity contribution is 0.0918. The van der Waals surface area contributed by atoms with Crippen molar-refractivity contribution < 1.29 is 14.3 Å². The second-order valence-corrected chi connectivity index (χ2v) is 4.57. The number of rotatable bonds is 6. The molecule has 0 fully saturated rings. The zero-order chi connectivity index (χ0) is 13.5. The zero-order valence-corrected chi connectivity index (χ0v) is 11.5. The number of nitrogens with two attached hydrogens (primary N) is 1. The maximum absolute atomic E-state index is 10.9. The van der Waals surface area contributed by atoms with E-state index >= 15 is 0 Å². The normalized spacial score (nSPS) is 12.2. The van der Waals surface area contributed by atoms with Crippen LogP contribution in [-0.2, 0) is 9.47 Å². The van der Waals surface area contributed by atoms with Gasteiger partial charge in [0.1, 0.15) is 6.10 Å². The second-order valence-electron chi connectivity index (χ2n) is 3.73. The van der Waals surface area contributed by atoms with E-state index in [2.05, 4.69) is 0 Å². The standard InChI is InChI=1S/C12H15Cl2NO3/c1-17-6-2-3-11(18-12(15)16)9-5-4-8(13)7-10(9)14/h4-5,7,11H,2-3,6H2,1H3,(H2,15,16)/t11-/m0/s1. The van der Waals surface area contributed by atoms with Gasteiger partial charge in [0.25, 0.3) is 0 Å². The Hall–Kier alpha value is -0.970. The highest BCUT2D eigenvalue weighted by Crippen LogP contribution is 2.31. The summed E-state index contributed by atoms with van der Waals surface area (Å²) in [5.74, 6) is 0. The molecule has 0 aliphatic heterocycles. The van der Waals surface area contributed by atoms with Gasteiger partial charge in [0, 0.05) is 29.3 Å². The summed E-state index contributed by atoms with van der Waals surface area (Å²) in [6.07, 6.45) is -0.00298. The molecule has 0 radical (unpaired) electrons. The average Bonchev–Trinajstić information content (AvgIpc) is 2.27. The van der Waals surface area contributed by atoms with E-state index in [1.807, 2.05) is 0 Å². The minimum atomic E-state index is -0.830. The van der Waals surface area contributed by atoms with Gasteiger partial charge >= 0.3 is 6.09 Å². The van der Waals surface area contributed by atoms with E-state index in [0.29, 0.717) is 28.6 Å². The van der Waals surface area contributed by atoms with Crippen molar-refractivity contribution in [3.05, 3.63) is 33.8 Å². The van der Waals surface area contributed by atoms with Crippen LogP contribution >= 0.6 is 23.2 Å². The lowest BCUT2D eigenvalue weighted by Crippen LogP contribution is -2.18. The highest BCUT2D eigenvalue weighted by atomic mass is 35.5. The van der Waals surface area contributed by atoms with E-state index in [0.717, 1.165) is 6.42 Å². The number of hydrogen-bond acceptors (Lipinski definition) is 3. The van der Waals surface area contributed by atoms with E-state index in [4.69, 9.17) is 38.4 Å². The van der Waals surface area contributed by atoms with Crippen molar-refractivity contribution in [2.45, 2.75) is 18.9 Å². The summed E-state index contributed by atoms with van der Waals surface area (Å²) in [5, 5.41) is 0.977. The number of benzene rings is 1. The average molecular weight is 292 g/mol. The molecule has 6 heteroatoms. The molecule has 0 aromatic heterocycles. The van der Waals surface area contributed by atoms with Gasteiger partial charge in [-0.1, -0.05) is 29.3 Å². The topological polar surface area (TPSA) is 61.6 Å². The predicted octanol–water partition coefficient (Wildman–Crippen LogP) is 3.56. The van der Waals surface area contributed by atoms with Crippen LogP contribution in [0.1, 0.15) is 24.5 Å². The summed E-state index contributed by atoms with van der Waals surface area (Å²) >= 11 is 11.9. The molecule has 0 unspecified atom stereocenters. The van der Waals surface area contributed by atoms with E-state index in [1.165, 1.54) is 0 Å². The Morgan fingerprint density at radius 3 is 2.72 bits per heavy atom. The van der Waals surface area contributed by atoms with Crippen molar-refractivity contribution in [3.63, 3.8) is 0 Å². The van der Waals surface area contributed by atoms with Gasteiger partial charge in [-0.3, -0.25) is 0 Å². The molecule has 0 aliphatic rings. The molecule has 100 valence electrons. The largest absolute Gasteiger partial charge is 0.441 e. The molecule has 2 N–H and O–H groups in total. The second kappa shape index (κ2) is 7.46. The molecule has 1 rings (SSSR count). The van der Waals surface area contributed by atoms with E-state index in [9.17, 15) is 4.79 Å². The van der Waals surface area contributed by atoms with Gasteiger partial charge in [-0.05, 0) is 25.0 Å².